The van der Waals surface area contributed by atoms with E-state index < -0.39 is 37.3 Å². The molecule has 0 rings (SSSR count). The predicted octanol–water partition coefficient (Wildman–Crippen LogP) is -1.85. The molecule has 0 saturated carbocycles. The molecule has 0 aliphatic carbocycles. The van der Waals surface area contributed by atoms with Gasteiger partial charge in [-0.15, -0.1) is 0 Å². The van der Waals surface area contributed by atoms with Gasteiger partial charge in [0.05, 0.1) is 12.1 Å². The van der Waals surface area contributed by atoms with Crippen LogP contribution in [-0.2, 0) is 14.2 Å². The molecule has 0 heterocycles. The highest BCUT2D eigenvalue weighted by atomic mass is 31.2. The standard InChI is InChI=1S/C8H18N3O6P/c1-4(9)8(14)11-5(2-3-6(12)13)7(10)18(15,16)17/h4-5,7H,2-3,9-10H2,1H3,(H,11,14)(H,12,13)(H2,15,16,17)/t4-,5-,7?/m0/s1. The van der Waals surface area contributed by atoms with Gasteiger partial charge in [-0.1, -0.05) is 0 Å². The predicted molar refractivity (Wildman–Crippen MR) is 62.5 cm³/mol. The largest absolute Gasteiger partial charge is 0.481 e. The van der Waals surface area contributed by atoms with Crippen LogP contribution < -0.4 is 16.8 Å². The second-order valence-corrected chi connectivity index (χ2v) is 5.69. The van der Waals surface area contributed by atoms with Crippen molar-refractivity contribution in [2.45, 2.75) is 37.6 Å². The van der Waals surface area contributed by atoms with Gasteiger partial charge in [-0.05, 0) is 13.3 Å². The topological polar surface area (TPSA) is 176 Å². The summed E-state index contributed by atoms with van der Waals surface area (Å²) in [5.74, 6) is -3.48. The summed E-state index contributed by atoms with van der Waals surface area (Å²) in [7, 11) is -4.63. The molecule has 0 spiro atoms. The number of carboxylic acid groups (broad SMARTS) is 1. The number of aliphatic carboxylic acids is 1. The van der Waals surface area contributed by atoms with Crippen LogP contribution in [0.15, 0.2) is 0 Å². The molecule has 0 aromatic rings. The second kappa shape index (κ2) is 6.81. The molecule has 0 aliphatic heterocycles. The van der Waals surface area contributed by atoms with Gasteiger partial charge in [0.15, 0.2) is 0 Å². The van der Waals surface area contributed by atoms with Crippen LogP contribution in [0.5, 0.6) is 0 Å². The van der Waals surface area contributed by atoms with Crippen molar-refractivity contribution in [2.75, 3.05) is 0 Å². The van der Waals surface area contributed by atoms with Gasteiger partial charge >= 0.3 is 13.6 Å². The average molecular weight is 283 g/mol. The van der Waals surface area contributed by atoms with E-state index >= 15 is 0 Å². The molecule has 10 heteroatoms. The van der Waals surface area contributed by atoms with Crippen molar-refractivity contribution in [2.24, 2.45) is 11.5 Å². The molecule has 0 aliphatic rings. The number of nitrogens with two attached hydrogens (primary N) is 2. The maximum absolute atomic E-state index is 11.3. The minimum atomic E-state index is -4.63. The fraction of sp³-hybridized carbons (Fsp3) is 0.750. The van der Waals surface area contributed by atoms with Gasteiger partial charge in [-0.3, -0.25) is 14.2 Å². The zero-order valence-corrected chi connectivity index (χ0v) is 10.7. The van der Waals surface area contributed by atoms with E-state index in [1.807, 2.05) is 0 Å². The quantitative estimate of drug-likeness (QED) is 0.295. The minimum Gasteiger partial charge on any atom is -0.481 e. The summed E-state index contributed by atoms with van der Waals surface area (Å²) >= 11 is 0. The Kier molecular flexibility index (Phi) is 6.44. The van der Waals surface area contributed by atoms with Crippen LogP contribution in [0.4, 0.5) is 0 Å². The fourth-order valence-electron chi connectivity index (χ4n) is 1.16. The van der Waals surface area contributed by atoms with E-state index in [9.17, 15) is 14.2 Å². The van der Waals surface area contributed by atoms with E-state index in [-0.39, 0.29) is 12.8 Å². The molecular formula is C8H18N3O6P. The van der Waals surface area contributed by atoms with Gasteiger partial charge in [0.1, 0.15) is 5.78 Å². The van der Waals surface area contributed by atoms with E-state index in [0.717, 1.165) is 0 Å². The zero-order valence-electron chi connectivity index (χ0n) is 9.81. The first-order valence-electron chi connectivity index (χ1n) is 5.14. The van der Waals surface area contributed by atoms with Gasteiger partial charge in [0.2, 0.25) is 5.91 Å². The van der Waals surface area contributed by atoms with Crippen molar-refractivity contribution >= 4 is 19.5 Å². The summed E-state index contributed by atoms with van der Waals surface area (Å²) in [5.41, 5.74) is 10.6. The lowest BCUT2D eigenvalue weighted by Crippen LogP contribution is -2.51. The number of hydrogen-bond acceptors (Lipinski definition) is 5. The van der Waals surface area contributed by atoms with E-state index in [0.29, 0.717) is 0 Å². The number of hydrogen-bond donors (Lipinski definition) is 6. The van der Waals surface area contributed by atoms with Crippen molar-refractivity contribution in [3.63, 3.8) is 0 Å². The van der Waals surface area contributed by atoms with E-state index in [4.69, 9.17) is 26.4 Å². The molecule has 106 valence electrons. The van der Waals surface area contributed by atoms with Crippen LogP contribution in [0, 0.1) is 0 Å². The molecule has 8 N–H and O–H groups in total. The molecule has 3 atom stereocenters. The monoisotopic (exact) mass is 283 g/mol. The summed E-state index contributed by atoms with van der Waals surface area (Å²) in [6, 6.07) is -2.04. The first-order chi connectivity index (χ1) is 8.05. The molecule has 1 amide bonds. The maximum atomic E-state index is 11.3. The van der Waals surface area contributed by atoms with Crippen LogP contribution in [0.25, 0.3) is 0 Å². The number of amides is 1. The minimum absolute atomic E-state index is 0.194. The van der Waals surface area contributed by atoms with Crippen molar-refractivity contribution < 1.29 is 29.0 Å². The van der Waals surface area contributed by atoms with Crippen LogP contribution in [0.2, 0.25) is 0 Å². The fourth-order valence-corrected chi connectivity index (χ4v) is 1.85. The molecule has 0 aromatic heterocycles. The Morgan fingerprint density at radius 2 is 1.83 bits per heavy atom. The highest BCUT2D eigenvalue weighted by Crippen LogP contribution is 2.40. The van der Waals surface area contributed by atoms with Crippen molar-refractivity contribution in [3.05, 3.63) is 0 Å². The smallest absolute Gasteiger partial charge is 0.344 e. The first-order valence-corrected chi connectivity index (χ1v) is 6.82. The molecule has 0 fully saturated rings. The third kappa shape index (κ3) is 6.08. The second-order valence-electron chi connectivity index (χ2n) is 3.92. The molecule has 0 saturated heterocycles. The maximum Gasteiger partial charge on any atom is 0.344 e. The summed E-state index contributed by atoms with van der Waals surface area (Å²) in [6.07, 6.45) is -0.572. The van der Waals surface area contributed by atoms with Gasteiger partial charge in [0, 0.05) is 6.42 Å². The Bertz CT molecular complexity index is 355. The molecule has 18 heavy (non-hydrogen) atoms. The Balaban J connectivity index is 4.77. The van der Waals surface area contributed by atoms with E-state index in [1.54, 1.807) is 0 Å². The molecule has 1 unspecified atom stereocenters. The Morgan fingerprint density at radius 3 is 2.17 bits per heavy atom. The van der Waals surface area contributed by atoms with E-state index in [2.05, 4.69) is 5.32 Å². The van der Waals surface area contributed by atoms with Crippen LogP contribution in [-0.4, -0.2) is 44.6 Å². The highest BCUT2D eigenvalue weighted by molar-refractivity contribution is 7.52. The van der Waals surface area contributed by atoms with Crippen LogP contribution in [0.1, 0.15) is 19.8 Å². The summed E-state index contributed by atoms with van der Waals surface area (Å²) in [6.45, 7) is 1.38. The molecular weight excluding hydrogens is 265 g/mol. The molecule has 0 radical (unpaired) electrons. The summed E-state index contributed by atoms with van der Waals surface area (Å²) in [4.78, 5) is 39.6. The number of carboxylic acids is 1. The normalized spacial score (nSPS) is 16.7. The van der Waals surface area contributed by atoms with Gasteiger partial charge < -0.3 is 31.7 Å². The summed E-state index contributed by atoms with van der Waals surface area (Å²) < 4.78 is 11.0. The van der Waals surface area contributed by atoms with Gasteiger partial charge in [-0.2, -0.15) is 0 Å². The number of carbonyl (C=O) groups excluding carboxylic acids is 1. The number of rotatable bonds is 7. The zero-order chi connectivity index (χ0) is 14.5. The van der Waals surface area contributed by atoms with Crippen molar-refractivity contribution in [1.82, 2.24) is 5.32 Å². The Morgan fingerprint density at radius 1 is 1.33 bits per heavy atom. The third-order valence-electron chi connectivity index (χ3n) is 2.21. The molecule has 0 aromatic carbocycles. The number of nitrogens with one attached hydrogen (secondary N) is 1. The number of carbonyl (C=O) groups is 2. The lowest BCUT2D eigenvalue weighted by molar-refractivity contribution is -0.137. The van der Waals surface area contributed by atoms with Gasteiger partial charge in [-0.25, -0.2) is 0 Å². The van der Waals surface area contributed by atoms with Gasteiger partial charge in [0.25, 0.3) is 0 Å². The van der Waals surface area contributed by atoms with Crippen molar-refractivity contribution in [3.8, 4) is 0 Å². The van der Waals surface area contributed by atoms with E-state index in [1.165, 1.54) is 6.92 Å². The molecule has 9 nitrogen and oxygen atoms in total. The van der Waals surface area contributed by atoms with Crippen LogP contribution >= 0.6 is 7.60 Å². The molecule has 0 bridgehead atoms. The highest BCUT2D eigenvalue weighted by Gasteiger charge is 2.34. The third-order valence-corrected chi connectivity index (χ3v) is 3.35. The average Bonchev–Trinajstić information content (AvgIpc) is 2.20. The van der Waals surface area contributed by atoms with Crippen LogP contribution in [0.3, 0.4) is 0 Å². The van der Waals surface area contributed by atoms with Crippen molar-refractivity contribution in [1.29, 1.82) is 0 Å². The Labute approximate surface area is 104 Å². The lowest BCUT2D eigenvalue weighted by atomic mass is 10.1. The summed E-state index contributed by atoms with van der Waals surface area (Å²) in [5, 5.41) is 10.8. The Hall–Kier alpha value is -0.990. The lowest BCUT2D eigenvalue weighted by Gasteiger charge is -2.25. The first kappa shape index (κ1) is 17.0. The SMILES string of the molecule is C[C@H](N)C(=O)N[C@@H](CCC(=O)O)C(N)P(=O)(O)O.